The fourth-order valence-corrected chi connectivity index (χ4v) is 4.69. The number of hydrogen-bond acceptors (Lipinski definition) is 5. The first-order valence-corrected chi connectivity index (χ1v) is 12.0. The van der Waals surface area contributed by atoms with Crippen LogP contribution >= 0.6 is 11.6 Å². The van der Waals surface area contributed by atoms with E-state index in [-0.39, 0.29) is 68.6 Å². The summed E-state index contributed by atoms with van der Waals surface area (Å²) in [6, 6.07) is 10.2. The predicted octanol–water partition coefficient (Wildman–Crippen LogP) is 4.65. The van der Waals surface area contributed by atoms with Crippen LogP contribution in [-0.4, -0.2) is 77.8 Å². The van der Waals surface area contributed by atoms with Crippen molar-refractivity contribution in [2.24, 2.45) is 0 Å². The minimum atomic E-state index is -4.11. The molecule has 1 N–H and O–H groups in total. The molecule has 0 spiro atoms. The van der Waals surface area contributed by atoms with Crippen molar-refractivity contribution in [3.05, 3.63) is 76.2 Å². The molecule has 1 radical (unpaired) electrons. The van der Waals surface area contributed by atoms with Crippen LogP contribution in [0.15, 0.2) is 53.6 Å². The van der Waals surface area contributed by atoms with Crippen LogP contribution in [-0.2, 0) is 21.2 Å². The number of hydrogen-bond donors (Lipinski definition) is 1. The molecule has 3 rings (SSSR count). The number of amides is 1. The summed E-state index contributed by atoms with van der Waals surface area (Å²) in [4.78, 5) is 16.9. The first-order valence-electron chi connectivity index (χ1n) is 10.2. The van der Waals surface area contributed by atoms with Gasteiger partial charge in [0.05, 0.1) is 18.4 Å². The molecule has 3 aromatic rings. The van der Waals surface area contributed by atoms with E-state index in [1.165, 1.54) is 43.6 Å². The summed E-state index contributed by atoms with van der Waals surface area (Å²) < 4.78 is 47.3. The van der Waals surface area contributed by atoms with Gasteiger partial charge in [-0.05, 0) is 77.1 Å². The zero-order valence-electron chi connectivity index (χ0n) is 19.6. The van der Waals surface area contributed by atoms with E-state index in [1.54, 1.807) is 19.1 Å². The van der Waals surface area contributed by atoms with E-state index in [2.05, 4.69) is 9.71 Å². The molecule has 0 aliphatic carbocycles. The molecule has 1 aromatic heterocycles. The average molecular weight is 530 g/mol. The Morgan fingerprint density at radius 1 is 1.18 bits per heavy atom. The van der Waals surface area contributed by atoms with Gasteiger partial charge in [-0.25, -0.2) is 22.5 Å². The Morgan fingerprint density at radius 3 is 2.50 bits per heavy atom. The van der Waals surface area contributed by atoms with Crippen LogP contribution in [0.3, 0.4) is 0 Å². The molecule has 0 saturated heterocycles. The number of halogens is 2. The van der Waals surface area contributed by atoms with Crippen LogP contribution in [0.25, 0.3) is 11.1 Å². The molecule has 10 heteroatoms. The molecule has 0 bridgehead atoms. The largest absolute Gasteiger partial charge is 0.481 e. The van der Waals surface area contributed by atoms with Crippen molar-refractivity contribution in [1.29, 1.82) is 0 Å². The topological polar surface area (TPSA) is 85.4 Å². The van der Waals surface area contributed by atoms with Gasteiger partial charge in [0.25, 0.3) is 10.0 Å². The number of aryl methyl sites for hydroxylation is 1. The fraction of sp³-hybridized carbons (Fsp3) is 0.250. The Balaban J connectivity index is 0.00000408. The molecule has 1 amide bonds. The van der Waals surface area contributed by atoms with Crippen LogP contribution in [0.1, 0.15) is 36.5 Å². The van der Waals surface area contributed by atoms with Crippen molar-refractivity contribution in [2.75, 3.05) is 7.11 Å². The second-order valence-electron chi connectivity index (χ2n) is 7.88. The third-order valence-electron chi connectivity index (χ3n) is 5.15. The SMILES string of the molecule is COc1cc(-c2cc(F)cc(C(C)C)c2CC(=O)NS(=O)(=O)c2ccc(Cl)c(C)c2)ccn1.[K]. The minimum Gasteiger partial charge on any atom is -0.481 e. The van der Waals surface area contributed by atoms with E-state index in [0.29, 0.717) is 38.7 Å². The molecular formula is C24H24ClFKN2O4S. The zero-order chi connectivity index (χ0) is 24.3. The number of benzene rings is 2. The van der Waals surface area contributed by atoms with Crippen LogP contribution < -0.4 is 9.46 Å². The van der Waals surface area contributed by atoms with Gasteiger partial charge in [-0.2, -0.15) is 0 Å². The van der Waals surface area contributed by atoms with Crippen molar-refractivity contribution < 1.29 is 22.3 Å². The van der Waals surface area contributed by atoms with Gasteiger partial charge in [0.15, 0.2) is 0 Å². The minimum absolute atomic E-state index is 0. The van der Waals surface area contributed by atoms with Gasteiger partial charge in [0.2, 0.25) is 11.8 Å². The number of nitrogens with zero attached hydrogens (tertiary/aromatic N) is 1. The van der Waals surface area contributed by atoms with Crippen LogP contribution in [0, 0.1) is 12.7 Å². The number of carbonyl (C=O) groups is 1. The number of methoxy groups -OCH3 is 1. The standard InChI is InChI=1S/C24H24ClFN2O4S.K/c1-14(2)19-11-17(26)12-20(16-7-8-27-24(10-16)32-4)21(19)13-23(29)28-33(30,31)18-5-6-22(25)15(3)9-18;/h5-12,14H,13H2,1-4H3,(H,28,29);. The number of rotatable bonds is 7. The third kappa shape index (κ3) is 6.87. The van der Waals surface area contributed by atoms with Gasteiger partial charge in [-0.15, -0.1) is 0 Å². The van der Waals surface area contributed by atoms with E-state index in [9.17, 15) is 17.6 Å². The quantitative estimate of drug-likeness (QED) is 0.450. The van der Waals surface area contributed by atoms with Gasteiger partial charge in [-0.1, -0.05) is 25.4 Å². The van der Waals surface area contributed by atoms with Crippen LogP contribution in [0.2, 0.25) is 5.02 Å². The smallest absolute Gasteiger partial charge is 0.264 e. The summed E-state index contributed by atoms with van der Waals surface area (Å²) in [6.07, 6.45) is 1.25. The third-order valence-corrected chi connectivity index (χ3v) is 6.95. The second kappa shape index (κ2) is 12.1. The van der Waals surface area contributed by atoms with Crippen molar-refractivity contribution in [1.82, 2.24) is 9.71 Å². The summed E-state index contributed by atoms with van der Waals surface area (Å²) in [5, 5.41) is 0.422. The molecule has 0 unspecified atom stereocenters. The summed E-state index contributed by atoms with van der Waals surface area (Å²) in [7, 11) is -2.64. The number of sulfonamides is 1. The second-order valence-corrected chi connectivity index (χ2v) is 9.97. The molecule has 0 aliphatic heterocycles. The van der Waals surface area contributed by atoms with Crippen LogP contribution in [0.5, 0.6) is 5.88 Å². The number of carbonyl (C=O) groups excluding carboxylic acids is 1. The van der Waals surface area contributed by atoms with Crippen molar-refractivity contribution in [3.8, 4) is 17.0 Å². The van der Waals surface area contributed by atoms with Crippen molar-refractivity contribution in [2.45, 2.75) is 38.0 Å². The van der Waals surface area contributed by atoms with Gasteiger partial charge in [-0.3, -0.25) is 4.79 Å². The molecule has 6 nitrogen and oxygen atoms in total. The van der Waals surface area contributed by atoms with Gasteiger partial charge < -0.3 is 4.74 Å². The molecular weight excluding hydrogens is 506 g/mol. The fourth-order valence-electron chi connectivity index (χ4n) is 3.51. The Hall–Kier alpha value is -1.33. The normalized spacial score (nSPS) is 11.1. The van der Waals surface area contributed by atoms with Crippen LogP contribution in [0.4, 0.5) is 4.39 Å². The van der Waals surface area contributed by atoms with E-state index < -0.39 is 21.7 Å². The Morgan fingerprint density at radius 2 is 1.88 bits per heavy atom. The molecule has 2 aromatic carbocycles. The number of ether oxygens (including phenoxy) is 1. The van der Waals surface area contributed by atoms with Crippen molar-refractivity contribution >= 4 is 78.9 Å². The Bertz CT molecular complexity index is 1320. The molecule has 34 heavy (non-hydrogen) atoms. The summed E-state index contributed by atoms with van der Waals surface area (Å²) in [6.45, 7) is 5.42. The summed E-state index contributed by atoms with van der Waals surface area (Å²) in [5.41, 5.74) is 2.77. The maximum absolute atomic E-state index is 14.5. The summed E-state index contributed by atoms with van der Waals surface area (Å²) >= 11 is 5.97. The molecule has 0 saturated carbocycles. The maximum Gasteiger partial charge on any atom is 0.264 e. The average Bonchev–Trinajstić information content (AvgIpc) is 2.75. The number of nitrogens with one attached hydrogen (secondary N) is 1. The van der Waals surface area contributed by atoms with E-state index >= 15 is 0 Å². The van der Waals surface area contributed by atoms with E-state index in [4.69, 9.17) is 16.3 Å². The van der Waals surface area contributed by atoms with Gasteiger partial charge in [0.1, 0.15) is 5.82 Å². The molecule has 175 valence electrons. The molecule has 0 aliphatic rings. The zero-order valence-corrected chi connectivity index (χ0v) is 24.3. The number of aromatic nitrogens is 1. The number of pyridine rings is 1. The van der Waals surface area contributed by atoms with E-state index in [0.717, 1.165) is 0 Å². The Labute approximate surface area is 246 Å². The van der Waals surface area contributed by atoms with Crippen molar-refractivity contribution in [3.63, 3.8) is 0 Å². The summed E-state index contributed by atoms with van der Waals surface area (Å²) in [5.74, 6) is -0.975. The first kappa shape index (κ1) is 28.9. The first-order chi connectivity index (χ1) is 15.5. The van der Waals surface area contributed by atoms with Gasteiger partial charge in [0, 0.05) is 68.7 Å². The molecule has 1 heterocycles. The monoisotopic (exact) mass is 529 g/mol. The molecule has 0 atom stereocenters. The maximum atomic E-state index is 14.5. The van der Waals surface area contributed by atoms with Gasteiger partial charge >= 0.3 is 0 Å². The molecule has 0 fully saturated rings. The predicted molar refractivity (Wildman–Crippen MR) is 131 cm³/mol. The van der Waals surface area contributed by atoms with E-state index in [1.807, 2.05) is 13.8 Å². The Kier molecular flexibility index (Phi) is 10.3.